The predicted molar refractivity (Wildman–Crippen MR) is 464 cm³/mol. The van der Waals surface area contributed by atoms with Crippen LogP contribution in [-0.2, 0) is 114 Å². The third kappa shape index (κ3) is 32.0. The normalized spacial score (nSPS) is 14.4. The summed E-state index contributed by atoms with van der Waals surface area (Å²) in [5, 5.41) is 47.6. The molecule has 40 nitrogen and oxygen atoms in total. The molecule has 0 saturated carbocycles. The fourth-order valence-electron chi connectivity index (χ4n) is 13.9. The Hall–Kier alpha value is -13.6. The van der Waals surface area contributed by atoms with Crippen LogP contribution < -0.4 is 91.6 Å². The van der Waals surface area contributed by atoms with Crippen LogP contribution in [-0.4, -0.2) is 256 Å². The number of aromatic nitrogens is 4. The molecule has 1 saturated heterocycles. The van der Waals surface area contributed by atoms with Gasteiger partial charge in [-0.15, -0.1) is 0 Å². The first-order valence-electron chi connectivity index (χ1n) is 41.5. The van der Waals surface area contributed by atoms with Crippen LogP contribution in [0.15, 0.2) is 128 Å². The van der Waals surface area contributed by atoms with Crippen molar-refractivity contribution in [1.29, 1.82) is 0 Å². The van der Waals surface area contributed by atoms with E-state index in [1.807, 2.05) is 72.8 Å². The molecule has 1 aliphatic heterocycles. The first-order valence-corrected chi connectivity index (χ1v) is 42.9. The molecular weight excluding hydrogens is 1650 g/mol. The van der Waals surface area contributed by atoms with Gasteiger partial charge in [-0.3, -0.25) is 76.7 Å². The first-order chi connectivity index (χ1) is 60.6. The lowest BCUT2D eigenvalue weighted by atomic mass is 10.0. The number of carbonyl (C=O) groups is 17. The van der Waals surface area contributed by atoms with E-state index in [1.54, 1.807) is 24.7 Å². The van der Waals surface area contributed by atoms with Crippen LogP contribution in [0.25, 0.3) is 21.8 Å². The number of nitrogens with zero attached hydrogens (tertiary/aromatic N) is 2. The summed E-state index contributed by atoms with van der Waals surface area (Å²) in [6, 6.07) is 16.6. The van der Waals surface area contributed by atoms with Gasteiger partial charge >= 0.3 is 0 Å². The Bertz CT molecular complexity index is 4900. The summed E-state index contributed by atoms with van der Waals surface area (Å²) < 4.78 is 0. The number of phenols is 1. The molecule has 41 heteroatoms. The number of benzene rings is 4. The van der Waals surface area contributed by atoms with E-state index in [2.05, 4.69) is 94.4 Å². The van der Waals surface area contributed by atoms with Gasteiger partial charge in [-0.2, -0.15) is 11.8 Å². The standard InChI is InChI=1S/C85H112N22O18S/c1-50(99-81(121)66(38-53-41-91-60-20-8-6-18-57(53)60)105-84(124)69-24-14-33-107(69)85(125)68(40-55-43-89-49-98-55)106-83(123)67(39-54-42-92-61-21-9-7-19-58(54)61)103-78(118)59(87)36-51-16-4-3-5-17-51)77(117)96-48-75(115)101-64(30-35-126-2)80(120)104-65(37-52-26-28-56(109)29-27-52)82(122)102-63(23-10-12-31-86)79(119)97-46-73(113)94-44-71(111)93-45-72(112)95-47-74(114)100-62(76(88)116)22-11-13-32-90-70(110)25-15-34-108/h3-9,16-21,26-29,34,41-43,49-50,59,62-69,91-92,109H,10-15,22-25,30-33,35-40,44-48,86-87H2,1-2H3,(H2,88,116)(H,89,98)(H,90,110)(H,93,111)(H,94,113)(H,95,112)(H,96,117)(H,97,119)(H,99,121)(H,100,114)(H,101,115)(H,102,122)(H,103,118)(H,104,120)(H,105,124)(H,106,123)/t50?,59?,62-,63?,64?,65?,66?,67?,68-,69-/m1/s1. The molecule has 24 N–H and O–H groups in total. The number of nitrogens with one attached hydrogen (secondary N) is 17. The topological polar surface area (TPSA) is 620 Å². The van der Waals surface area contributed by atoms with Gasteiger partial charge in [-0.05, 0) is 136 Å². The largest absolute Gasteiger partial charge is 0.508 e. The predicted octanol–water partition coefficient (Wildman–Crippen LogP) is -2.98. The number of rotatable bonds is 53. The highest BCUT2D eigenvalue weighted by molar-refractivity contribution is 7.98. The minimum Gasteiger partial charge on any atom is -0.508 e. The number of hydrogen-bond acceptors (Lipinski definition) is 22. The Morgan fingerprint density at radius 2 is 1.02 bits per heavy atom. The van der Waals surface area contributed by atoms with Crippen molar-refractivity contribution in [2.45, 2.75) is 170 Å². The lowest BCUT2D eigenvalue weighted by molar-refractivity contribution is -0.142. The molecule has 126 heavy (non-hydrogen) atoms. The Morgan fingerprint density at radius 3 is 1.62 bits per heavy atom. The number of likely N-dealkylation sites (tertiary alicyclic amines) is 1. The quantitative estimate of drug-likeness (QED) is 0.0134. The molecule has 1 fully saturated rings. The fraction of sp³-hybridized carbons (Fsp3) is 0.435. The number of aromatic hydroxyl groups is 1. The minimum absolute atomic E-state index is 0.00291. The summed E-state index contributed by atoms with van der Waals surface area (Å²) >= 11 is 1.33. The molecule has 4 heterocycles. The van der Waals surface area contributed by atoms with Crippen molar-refractivity contribution < 1.29 is 86.6 Å². The maximum absolute atomic E-state index is 15.2. The first kappa shape index (κ1) is 97.9. The average Bonchev–Trinajstić information content (AvgIpc) is 1.62. The monoisotopic (exact) mass is 1760 g/mol. The van der Waals surface area contributed by atoms with Gasteiger partial charge in [-0.25, -0.2) is 4.98 Å². The highest BCUT2D eigenvalue weighted by atomic mass is 32.2. The number of amides is 16. The Labute approximate surface area is 730 Å². The number of carbonyl (C=O) groups excluding carboxylic acids is 17. The van der Waals surface area contributed by atoms with E-state index in [0.717, 1.165) is 27.4 Å². The van der Waals surface area contributed by atoms with Gasteiger partial charge in [0.05, 0.1) is 45.1 Å². The molecule has 0 radical (unpaired) electrons. The highest BCUT2D eigenvalue weighted by Crippen LogP contribution is 2.25. The van der Waals surface area contributed by atoms with Crippen molar-refractivity contribution >= 4 is 134 Å². The summed E-state index contributed by atoms with van der Waals surface area (Å²) in [7, 11) is 0. The smallest absolute Gasteiger partial charge is 0.246 e. The summed E-state index contributed by atoms with van der Waals surface area (Å²) in [6.07, 6.45) is 10.6. The van der Waals surface area contributed by atoms with Crippen molar-refractivity contribution in [3.63, 3.8) is 0 Å². The molecule has 0 spiro atoms. The molecule has 1 aliphatic rings. The minimum atomic E-state index is -1.47. The molecule has 0 aliphatic carbocycles. The lowest BCUT2D eigenvalue weighted by Gasteiger charge is -2.31. The molecule has 10 atom stereocenters. The highest BCUT2D eigenvalue weighted by Gasteiger charge is 2.41. The Balaban J connectivity index is 0.861. The zero-order valence-corrected chi connectivity index (χ0v) is 70.9. The third-order valence-corrected chi connectivity index (χ3v) is 21.4. The molecule has 7 aromatic rings. The van der Waals surface area contributed by atoms with Crippen LogP contribution in [0.4, 0.5) is 0 Å². The van der Waals surface area contributed by atoms with E-state index >= 15 is 4.79 Å². The zero-order valence-electron chi connectivity index (χ0n) is 70.1. The van der Waals surface area contributed by atoms with Crippen LogP contribution in [0.1, 0.15) is 106 Å². The number of aromatic amines is 3. The number of phenolic OH excluding ortho intramolecular Hbond substituents is 1. The van der Waals surface area contributed by atoms with Crippen LogP contribution in [0.2, 0.25) is 0 Å². The number of hydrogen-bond donors (Lipinski definition) is 21. The number of primary amides is 1. The van der Waals surface area contributed by atoms with Crippen molar-refractivity contribution in [1.82, 2.24) is 99.3 Å². The summed E-state index contributed by atoms with van der Waals surface area (Å²) in [6.45, 7) is -1.44. The van der Waals surface area contributed by atoms with Crippen LogP contribution in [0.5, 0.6) is 5.75 Å². The van der Waals surface area contributed by atoms with Crippen molar-refractivity contribution in [2.24, 2.45) is 17.2 Å². The van der Waals surface area contributed by atoms with E-state index < -0.39 is 182 Å². The maximum atomic E-state index is 15.2. The fourth-order valence-corrected chi connectivity index (χ4v) is 14.4. The van der Waals surface area contributed by atoms with Gasteiger partial charge in [-0.1, -0.05) is 78.9 Å². The average molecular weight is 1760 g/mol. The van der Waals surface area contributed by atoms with Crippen LogP contribution in [0, 0.1) is 0 Å². The second-order valence-corrected chi connectivity index (χ2v) is 31.3. The second kappa shape index (κ2) is 50.9. The van der Waals surface area contributed by atoms with E-state index in [9.17, 15) is 81.8 Å². The number of imidazole rings is 1. The lowest BCUT2D eigenvalue weighted by Crippen LogP contribution is -2.60. The van der Waals surface area contributed by atoms with Crippen molar-refractivity contribution in [2.75, 3.05) is 64.4 Å². The molecule has 4 aromatic carbocycles. The number of para-hydroxylation sites is 2. The van der Waals surface area contributed by atoms with Gasteiger partial charge in [0.2, 0.25) is 94.5 Å². The number of fused-ring (bicyclic) bond motifs is 2. The van der Waals surface area contributed by atoms with Gasteiger partial charge in [0.15, 0.2) is 0 Å². The van der Waals surface area contributed by atoms with Gasteiger partial charge < -0.3 is 121 Å². The maximum Gasteiger partial charge on any atom is 0.246 e. The molecule has 16 amide bonds. The van der Waals surface area contributed by atoms with Crippen LogP contribution >= 0.6 is 11.8 Å². The van der Waals surface area contributed by atoms with Crippen LogP contribution in [0.3, 0.4) is 0 Å². The number of H-pyrrole nitrogens is 3. The summed E-state index contributed by atoms with van der Waals surface area (Å²) in [5.74, 6) is -12.1. The number of thioether (sulfide) groups is 1. The zero-order chi connectivity index (χ0) is 91.0. The molecule has 676 valence electrons. The number of nitrogens with two attached hydrogens (primary N) is 3. The van der Waals surface area contributed by atoms with E-state index in [-0.39, 0.29) is 102 Å². The number of unbranched alkanes of at least 4 members (excludes halogenated alkanes) is 2. The van der Waals surface area contributed by atoms with E-state index in [0.29, 0.717) is 66.5 Å². The van der Waals surface area contributed by atoms with Gasteiger partial charge in [0.1, 0.15) is 66.4 Å². The van der Waals surface area contributed by atoms with E-state index in [1.165, 1.54) is 60.4 Å². The summed E-state index contributed by atoms with van der Waals surface area (Å²) in [4.78, 5) is 244. The second-order valence-electron chi connectivity index (χ2n) is 30.3. The number of aldehydes is 1. The van der Waals surface area contributed by atoms with Crippen molar-refractivity contribution in [3.05, 3.63) is 156 Å². The molecule has 3 aromatic heterocycles. The molecule has 0 bridgehead atoms. The van der Waals surface area contributed by atoms with Gasteiger partial charge in [0.25, 0.3) is 0 Å². The Kier molecular flexibility index (Phi) is 39.5. The van der Waals surface area contributed by atoms with Crippen molar-refractivity contribution in [3.8, 4) is 5.75 Å². The Morgan fingerprint density at radius 1 is 0.508 bits per heavy atom. The van der Waals surface area contributed by atoms with Gasteiger partial charge in [0, 0.05) is 97.7 Å². The SMILES string of the molecule is CSCCC(NC(=O)CNC(=O)C(C)NC(=O)C(Cc1c[nH]c2ccccc12)NC(=O)[C@H]1CCCN1C(=O)[C@@H](Cc1cnc[nH]1)NC(=O)C(Cc1c[nH]c2ccccc12)NC(=O)C(N)Cc1ccccc1)C(=O)NC(Cc1ccc(O)cc1)C(=O)NC(CCCCN)C(=O)NCC(=O)NCC(=O)NCC(=O)NCC(=O)N[C@H](CCCCNC(=O)CCC=O)C(N)=O. The third-order valence-electron chi connectivity index (χ3n) is 20.7. The molecular formula is C85H112N22O18S. The molecule has 8 rings (SSSR count). The molecule has 7 unspecified atom stereocenters. The van der Waals surface area contributed by atoms with E-state index in [4.69, 9.17) is 17.2 Å². The summed E-state index contributed by atoms with van der Waals surface area (Å²) in [5.41, 5.74) is 22.2.